The number of nitro groups is 1. The third-order valence-electron chi connectivity index (χ3n) is 2.52. The third kappa shape index (κ3) is 2.90. The number of non-ortho nitro benzene ring substituents is 1. The molecule has 1 aromatic rings. The number of rotatable bonds is 5. The number of aliphatic hydroxyl groups is 1. The van der Waals surface area contributed by atoms with Crippen molar-refractivity contribution in [1.82, 2.24) is 0 Å². The lowest BCUT2D eigenvalue weighted by Crippen LogP contribution is -2.02. The Morgan fingerprint density at radius 1 is 1.50 bits per heavy atom. The van der Waals surface area contributed by atoms with E-state index in [2.05, 4.69) is 6.58 Å². The van der Waals surface area contributed by atoms with Crippen molar-refractivity contribution in [3.05, 3.63) is 52.1 Å². The van der Waals surface area contributed by atoms with Crippen molar-refractivity contribution < 1.29 is 10.0 Å². The van der Waals surface area contributed by atoms with Gasteiger partial charge in [-0.3, -0.25) is 10.1 Å². The van der Waals surface area contributed by atoms with Gasteiger partial charge in [0.05, 0.1) is 4.92 Å². The molecular weight excluding hydrogens is 206 g/mol. The Morgan fingerprint density at radius 2 is 2.06 bits per heavy atom. The maximum absolute atomic E-state index is 10.5. The molecule has 4 nitrogen and oxygen atoms in total. The summed E-state index contributed by atoms with van der Waals surface area (Å²) in [6, 6.07) is 6.38. The van der Waals surface area contributed by atoms with Crippen LogP contribution in [0.2, 0.25) is 0 Å². The number of nitrogens with zero attached hydrogens (tertiary/aromatic N) is 1. The Hall–Kier alpha value is -1.68. The van der Waals surface area contributed by atoms with Crippen molar-refractivity contribution >= 4 is 5.69 Å². The molecule has 0 heterocycles. The first-order chi connectivity index (χ1) is 7.56. The molecule has 0 radical (unpaired) electrons. The topological polar surface area (TPSA) is 63.4 Å². The lowest BCUT2D eigenvalue weighted by Gasteiger charge is -2.15. The molecule has 0 amide bonds. The molecule has 0 saturated heterocycles. The van der Waals surface area contributed by atoms with Crippen molar-refractivity contribution in [3.8, 4) is 0 Å². The van der Waals surface area contributed by atoms with Crippen molar-refractivity contribution in [2.45, 2.75) is 19.3 Å². The van der Waals surface area contributed by atoms with Gasteiger partial charge in [0.2, 0.25) is 0 Å². The van der Waals surface area contributed by atoms with Crippen LogP contribution in [0.1, 0.15) is 24.8 Å². The van der Waals surface area contributed by atoms with Gasteiger partial charge in [0.25, 0.3) is 5.69 Å². The van der Waals surface area contributed by atoms with Gasteiger partial charge in [-0.2, -0.15) is 0 Å². The minimum absolute atomic E-state index is 0.0609. The number of hydrogen-bond acceptors (Lipinski definition) is 3. The molecule has 0 aliphatic heterocycles. The van der Waals surface area contributed by atoms with Crippen molar-refractivity contribution in [2.75, 3.05) is 6.61 Å². The monoisotopic (exact) mass is 221 g/mol. The van der Waals surface area contributed by atoms with Crippen LogP contribution in [0.25, 0.3) is 0 Å². The van der Waals surface area contributed by atoms with E-state index in [1.165, 1.54) is 12.1 Å². The number of aliphatic hydroxyl groups excluding tert-OH is 1. The van der Waals surface area contributed by atoms with Gasteiger partial charge >= 0.3 is 0 Å². The summed E-state index contributed by atoms with van der Waals surface area (Å²) >= 11 is 0. The van der Waals surface area contributed by atoms with Gasteiger partial charge in [-0.25, -0.2) is 0 Å². The summed E-state index contributed by atoms with van der Waals surface area (Å²) in [7, 11) is 0. The molecule has 1 unspecified atom stereocenters. The van der Waals surface area contributed by atoms with E-state index in [-0.39, 0.29) is 18.2 Å². The number of hydrogen-bond donors (Lipinski definition) is 1. The second-order valence-electron chi connectivity index (χ2n) is 3.76. The smallest absolute Gasteiger partial charge is 0.269 e. The van der Waals surface area contributed by atoms with Crippen LogP contribution in [0.15, 0.2) is 36.4 Å². The van der Waals surface area contributed by atoms with Crippen LogP contribution in [-0.4, -0.2) is 16.6 Å². The zero-order chi connectivity index (χ0) is 12.1. The number of allylic oxidation sites excluding steroid dienone is 1. The Bertz CT molecular complexity index is 384. The lowest BCUT2D eigenvalue weighted by molar-refractivity contribution is -0.384. The summed E-state index contributed by atoms with van der Waals surface area (Å²) in [6.45, 7) is 5.83. The van der Waals surface area contributed by atoms with Crippen LogP contribution in [0.3, 0.4) is 0 Å². The molecule has 1 atom stereocenters. The minimum Gasteiger partial charge on any atom is -0.396 e. The van der Waals surface area contributed by atoms with E-state index in [1.807, 2.05) is 6.92 Å². The van der Waals surface area contributed by atoms with E-state index in [4.69, 9.17) is 5.11 Å². The van der Waals surface area contributed by atoms with Gasteiger partial charge in [0.1, 0.15) is 0 Å². The fourth-order valence-corrected chi connectivity index (χ4v) is 1.66. The first-order valence-electron chi connectivity index (χ1n) is 5.07. The molecular formula is C12H15NO3. The zero-order valence-electron chi connectivity index (χ0n) is 9.22. The van der Waals surface area contributed by atoms with Gasteiger partial charge in [-0.15, -0.1) is 0 Å². The van der Waals surface area contributed by atoms with E-state index in [0.717, 1.165) is 11.1 Å². The average Bonchev–Trinajstić information content (AvgIpc) is 2.25. The number of benzene rings is 1. The van der Waals surface area contributed by atoms with Crippen molar-refractivity contribution in [3.63, 3.8) is 0 Å². The van der Waals surface area contributed by atoms with Gasteiger partial charge in [0, 0.05) is 24.7 Å². The van der Waals surface area contributed by atoms with Crippen LogP contribution in [0.4, 0.5) is 5.69 Å². The Kier molecular flexibility index (Phi) is 4.19. The highest BCUT2D eigenvalue weighted by molar-refractivity contribution is 5.36. The van der Waals surface area contributed by atoms with E-state index < -0.39 is 4.92 Å². The molecule has 16 heavy (non-hydrogen) atoms. The minimum atomic E-state index is -0.425. The molecule has 4 heteroatoms. The van der Waals surface area contributed by atoms with Crippen LogP contribution < -0.4 is 0 Å². The molecule has 1 N–H and O–H groups in total. The second kappa shape index (κ2) is 5.42. The Labute approximate surface area is 94.4 Å². The van der Waals surface area contributed by atoms with Crippen LogP contribution in [0, 0.1) is 10.1 Å². The SMILES string of the molecule is C=C(C)C(CCO)c1ccc([N+](=O)[O-])cc1. The van der Waals surface area contributed by atoms with Crippen LogP contribution in [-0.2, 0) is 0 Å². The Morgan fingerprint density at radius 3 is 2.44 bits per heavy atom. The fraction of sp³-hybridized carbons (Fsp3) is 0.333. The van der Waals surface area contributed by atoms with Gasteiger partial charge in [0.15, 0.2) is 0 Å². The molecule has 86 valence electrons. The normalized spacial score (nSPS) is 12.1. The fourth-order valence-electron chi connectivity index (χ4n) is 1.66. The molecule has 0 spiro atoms. The zero-order valence-corrected chi connectivity index (χ0v) is 9.22. The van der Waals surface area contributed by atoms with Crippen LogP contribution >= 0.6 is 0 Å². The van der Waals surface area contributed by atoms with Crippen molar-refractivity contribution in [1.29, 1.82) is 0 Å². The summed E-state index contributed by atoms with van der Waals surface area (Å²) in [5, 5.41) is 19.4. The van der Waals surface area contributed by atoms with Gasteiger partial charge in [-0.05, 0) is 18.9 Å². The molecule has 1 aromatic carbocycles. The molecule has 0 fully saturated rings. The average molecular weight is 221 g/mol. The van der Waals surface area contributed by atoms with E-state index in [1.54, 1.807) is 12.1 Å². The molecule has 0 saturated carbocycles. The highest BCUT2D eigenvalue weighted by Crippen LogP contribution is 2.27. The molecule has 1 rings (SSSR count). The summed E-state index contributed by atoms with van der Waals surface area (Å²) in [5.41, 5.74) is 1.98. The Balaban J connectivity index is 2.94. The van der Waals surface area contributed by atoms with Gasteiger partial charge < -0.3 is 5.11 Å². The predicted octanol–water partition coefficient (Wildman–Crippen LogP) is 2.64. The molecule has 0 aromatic heterocycles. The maximum atomic E-state index is 10.5. The van der Waals surface area contributed by atoms with Crippen molar-refractivity contribution in [2.24, 2.45) is 0 Å². The summed E-state index contributed by atoms with van der Waals surface area (Å²) in [5.74, 6) is 0.0609. The summed E-state index contributed by atoms with van der Waals surface area (Å²) in [4.78, 5) is 10.1. The van der Waals surface area contributed by atoms with E-state index in [9.17, 15) is 10.1 Å². The molecule has 0 bridgehead atoms. The molecule has 0 aliphatic carbocycles. The van der Waals surface area contributed by atoms with E-state index in [0.29, 0.717) is 6.42 Å². The molecule has 0 aliphatic rings. The third-order valence-corrected chi connectivity index (χ3v) is 2.52. The second-order valence-corrected chi connectivity index (χ2v) is 3.76. The number of nitro benzene ring substituents is 1. The lowest BCUT2D eigenvalue weighted by atomic mass is 9.90. The first-order valence-corrected chi connectivity index (χ1v) is 5.07. The standard InChI is InChI=1S/C12H15NO3/c1-9(2)12(7-8-14)10-3-5-11(6-4-10)13(15)16/h3-6,12,14H,1,7-8H2,2H3. The largest absolute Gasteiger partial charge is 0.396 e. The maximum Gasteiger partial charge on any atom is 0.269 e. The van der Waals surface area contributed by atoms with E-state index >= 15 is 0 Å². The van der Waals surface area contributed by atoms with Gasteiger partial charge in [-0.1, -0.05) is 24.3 Å². The highest BCUT2D eigenvalue weighted by Gasteiger charge is 2.13. The first kappa shape index (κ1) is 12.4. The van der Waals surface area contributed by atoms with Crippen LogP contribution in [0.5, 0.6) is 0 Å². The predicted molar refractivity (Wildman–Crippen MR) is 62.4 cm³/mol. The summed E-state index contributed by atoms with van der Waals surface area (Å²) in [6.07, 6.45) is 0.590. The highest BCUT2D eigenvalue weighted by atomic mass is 16.6. The summed E-state index contributed by atoms with van der Waals surface area (Å²) < 4.78 is 0. The quantitative estimate of drug-likeness (QED) is 0.472.